The fourth-order valence-electron chi connectivity index (χ4n) is 2.40. The number of rotatable bonds is 5. The van der Waals surface area contributed by atoms with Crippen LogP contribution in [-0.2, 0) is 4.79 Å². The van der Waals surface area contributed by atoms with Gasteiger partial charge >= 0.3 is 11.9 Å². The maximum atomic E-state index is 12.7. The number of esters is 2. The molecule has 2 rings (SSSR count). The van der Waals surface area contributed by atoms with E-state index < -0.39 is 23.4 Å². The molecule has 0 heterocycles. The van der Waals surface area contributed by atoms with Crippen molar-refractivity contribution >= 4 is 17.7 Å². The highest BCUT2D eigenvalue weighted by Crippen LogP contribution is 2.31. The first-order chi connectivity index (χ1) is 13.0. The van der Waals surface area contributed by atoms with Gasteiger partial charge in [-0.3, -0.25) is 9.59 Å². The lowest BCUT2D eigenvalue weighted by Crippen LogP contribution is -2.42. The Morgan fingerprint density at radius 3 is 2.00 bits per heavy atom. The normalized spacial score (nSPS) is 12.2. The average molecular weight is 383 g/mol. The van der Waals surface area contributed by atoms with Crippen LogP contribution in [-0.4, -0.2) is 23.8 Å². The standard InChI is InChI=1S/C22H25NO5/c1-13-6-8-15(9-7-13)21(26)28-18-12-16(10-11-17(18)27-14(2)24)19(25)20(23)22(3,4)5/h6-12,20H,23H2,1-5H3. The zero-order chi connectivity index (χ0) is 21.1. The Balaban J connectivity index is 2.38. The Bertz CT molecular complexity index is 894. The highest BCUT2D eigenvalue weighted by Gasteiger charge is 2.29. The molecule has 28 heavy (non-hydrogen) atoms. The van der Waals surface area contributed by atoms with Crippen LogP contribution in [0.2, 0.25) is 0 Å². The number of Topliss-reactive ketones (excluding diaryl/α,β-unsaturated/α-hetero) is 1. The van der Waals surface area contributed by atoms with Gasteiger partial charge < -0.3 is 15.2 Å². The smallest absolute Gasteiger partial charge is 0.343 e. The second kappa shape index (κ2) is 8.35. The molecule has 0 amide bonds. The lowest BCUT2D eigenvalue weighted by molar-refractivity contribution is -0.132. The first-order valence-corrected chi connectivity index (χ1v) is 8.90. The molecule has 0 fully saturated rings. The van der Waals surface area contributed by atoms with Crippen LogP contribution in [0.4, 0.5) is 0 Å². The number of carbonyl (C=O) groups is 3. The third kappa shape index (κ3) is 5.27. The van der Waals surface area contributed by atoms with Crippen LogP contribution in [0, 0.1) is 12.3 Å². The Kier molecular flexibility index (Phi) is 6.36. The number of hydrogen-bond donors (Lipinski definition) is 1. The van der Waals surface area contributed by atoms with Crippen LogP contribution in [0.5, 0.6) is 11.5 Å². The van der Waals surface area contributed by atoms with E-state index in [4.69, 9.17) is 15.2 Å². The summed E-state index contributed by atoms with van der Waals surface area (Å²) in [5.74, 6) is -1.47. The summed E-state index contributed by atoms with van der Waals surface area (Å²) in [5.41, 5.74) is 7.22. The minimum Gasteiger partial charge on any atom is -0.423 e. The van der Waals surface area contributed by atoms with E-state index in [2.05, 4.69) is 0 Å². The summed E-state index contributed by atoms with van der Waals surface area (Å²) in [6, 6.07) is 10.4. The Morgan fingerprint density at radius 1 is 0.893 bits per heavy atom. The quantitative estimate of drug-likeness (QED) is 0.480. The van der Waals surface area contributed by atoms with Crippen molar-refractivity contribution in [2.75, 3.05) is 0 Å². The van der Waals surface area contributed by atoms with Gasteiger partial charge in [-0.05, 0) is 42.7 Å². The molecule has 0 aliphatic rings. The molecule has 2 aromatic carbocycles. The van der Waals surface area contributed by atoms with E-state index in [1.165, 1.54) is 25.1 Å². The van der Waals surface area contributed by atoms with Crippen molar-refractivity contribution in [1.29, 1.82) is 0 Å². The minimum absolute atomic E-state index is 0.0206. The van der Waals surface area contributed by atoms with Crippen molar-refractivity contribution in [3.05, 3.63) is 59.2 Å². The van der Waals surface area contributed by atoms with Crippen LogP contribution in [0.3, 0.4) is 0 Å². The van der Waals surface area contributed by atoms with Crippen molar-refractivity contribution in [1.82, 2.24) is 0 Å². The third-order valence-corrected chi connectivity index (χ3v) is 4.19. The Morgan fingerprint density at radius 2 is 1.46 bits per heavy atom. The van der Waals surface area contributed by atoms with Gasteiger partial charge in [-0.15, -0.1) is 0 Å². The van der Waals surface area contributed by atoms with Gasteiger partial charge in [0.05, 0.1) is 11.6 Å². The minimum atomic E-state index is -0.743. The molecule has 0 aliphatic heterocycles. The molecule has 0 aliphatic carbocycles. The molecule has 2 aromatic rings. The van der Waals surface area contributed by atoms with E-state index >= 15 is 0 Å². The molecule has 6 heteroatoms. The van der Waals surface area contributed by atoms with E-state index in [9.17, 15) is 14.4 Å². The largest absolute Gasteiger partial charge is 0.423 e. The Hall–Kier alpha value is -2.99. The first-order valence-electron chi connectivity index (χ1n) is 8.90. The summed E-state index contributed by atoms with van der Waals surface area (Å²) >= 11 is 0. The molecule has 2 N–H and O–H groups in total. The molecule has 0 radical (unpaired) electrons. The van der Waals surface area contributed by atoms with Crippen LogP contribution in [0.15, 0.2) is 42.5 Å². The van der Waals surface area contributed by atoms with Gasteiger partial charge in [0.15, 0.2) is 17.3 Å². The van der Waals surface area contributed by atoms with Crippen molar-refractivity contribution in [2.24, 2.45) is 11.1 Å². The molecule has 0 saturated heterocycles. The maximum Gasteiger partial charge on any atom is 0.343 e. The number of ketones is 1. The lowest BCUT2D eigenvalue weighted by atomic mass is 9.83. The summed E-state index contributed by atoms with van der Waals surface area (Å²) in [7, 11) is 0. The lowest BCUT2D eigenvalue weighted by Gasteiger charge is -2.25. The number of aryl methyl sites for hydroxylation is 1. The highest BCUT2D eigenvalue weighted by molar-refractivity contribution is 6.01. The van der Waals surface area contributed by atoms with E-state index in [1.54, 1.807) is 24.3 Å². The fourth-order valence-corrected chi connectivity index (χ4v) is 2.40. The number of carbonyl (C=O) groups excluding carboxylic acids is 3. The van der Waals surface area contributed by atoms with Crippen molar-refractivity contribution < 1.29 is 23.9 Å². The molecule has 148 valence electrons. The summed E-state index contributed by atoms with van der Waals surface area (Å²) in [6.07, 6.45) is 0. The van der Waals surface area contributed by atoms with E-state index in [-0.39, 0.29) is 22.8 Å². The zero-order valence-electron chi connectivity index (χ0n) is 16.7. The van der Waals surface area contributed by atoms with Gasteiger partial charge in [0.1, 0.15) is 0 Å². The van der Waals surface area contributed by atoms with Crippen LogP contribution < -0.4 is 15.2 Å². The van der Waals surface area contributed by atoms with E-state index in [0.717, 1.165) is 5.56 Å². The molecule has 0 spiro atoms. The van der Waals surface area contributed by atoms with E-state index in [1.807, 2.05) is 27.7 Å². The molecule has 6 nitrogen and oxygen atoms in total. The third-order valence-electron chi connectivity index (χ3n) is 4.19. The summed E-state index contributed by atoms with van der Waals surface area (Å²) in [6.45, 7) is 8.73. The van der Waals surface area contributed by atoms with Crippen molar-refractivity contribution in [3.63, 3.8) is 0 Å². The molecular weight excluding hydrogens is 358 g/mol. The van der Waals surface area contributed by atoms with Gasteiger partial charge in [0, 0.05) is 12.5 Å². The second-order valence-electron chi connectivity index (χ2n) is 7.72. The van der Waals surface area contributed by atoms with Gasteiger partial charge in [-0.1, -0.05) is 38.5 Å². The van der Waals surface area contributed by atoms with Gasteiger partial charge in [0.25, 0.3) is 0 Å². The molecule has 0 saturated carbocycles. The molecule has 0 bridgehead atoms. The zero-order valence-corrected chi connectivity index (χ0v) is 16.7. The second-order valence-corrected chi connectivity index (χ2v) is 7.72. The number of benzene rings is 2. The topological polar surface area (TPSA) is 95.7 Å². The van der Waals surface area contributed by atoms with Crippen molar-refractivity contribution in [3.8, 4) is 11.5 Å². The summed E-state index contributed by atoms with van der Waals surface area (Å²) < 4.78 is 10.5. The highest BCUT2D eigenvalue weighted by atomic mass is 16.6. The predicted molar refractivity (Wildman–Crippen MR) is 106 cm³/mol. The number of ether oxygens (including phenoxy) is 2. The summed E-state index contributed by atoms with van der Waals surface area (Å²) in [4.78, 5) is 36.5. The SMILES string of the molecule is CC(=O)Oc1ccc(C(=O)C(N)C(C)(C)C)cc1OC(=O)c1ccc(C)cc1. The van der Waals surface area contributed by atoms with Crippen LogP contribution in [0.25, 0.3) is 0 Å². The number of nitrogens with two attached hydrogens (primary N) is 1. The molecular formula is C22H25NO5. The van der Waals surface area contributed by atoms with Gasteiger partial charge in [0.2, 0.25) is 0 Å². The first kappa shape index (κ1) is 21.3. The average Bonchev–Trinajstić information content (AvgIpc) is 2.61. The number of hydrogen-bond acceptors (Lipinski definition) is 6. The van der Waals surface area contributed by atoms with Crippen LogP contribution in [0.1, 0.15) is 54.0 Å². The monoisotopic (exact) mass is 383 g/mol. The van der Waals surface area contributed by atoms with Crippen molar-refractivity contribution in [2.45, 2.75) is 40.7 Å². The molecule has 1 unspecified atom stereocenters. The predicted octanol–water partition coefficient (Wildman–Crippen LogP) is 3.70. The van der Waals surface area contributed by atoms with Gasteiger partial charge in [-0.2, -0.15) is 0 Å². The van der Waals surface area contributed by atoms with E-state index in [0.29, 0.717) is 5.56 Å². The van der Waals surface area contributed by atoms with Gasteiger partial charge in [-0.25, -0.2) is 4.79 Å². The molecule has 0 aromatic heterocycles. The Labute approximate surface area is 164 Å². The van der Waals surface area contributed by atoms with Crippen LogP contribution >= 0.6 is 0 Å². The molecule has 1 atom stereocenters. The maximum absolute atomic E-state index is 12.7. The fraction of sp³-hybridized carbons (Fsp3) is 0.318. The summed E-state index contributed by atoms with van der Waals surface area (Å²) in [5, 5.41) is 0.